The van der Waals surface area contributed by atoms with Crippen LogP contribution in [0, 0.1) is 56.7 Å². The van der Waals surface area contributed by atoms with Crippen molar-refractivity contribution in [2.24, 2.45) is 62.4 Å². The molecule has 12 atom stereocenters. The van der Waals surface area contributed by atoms with E-state index in [1.807, 2.05) is 0 Å². The Hall–Kier alpha value is -3.97. The monoisotopic (exact) mass is 835 g/mol. The molecular formula is C47H69N3O10. The number of carbonyl (C=O) groups is 5. The van der Waals surface area contributed by atoms with Crippen molar-refractivity contribution in [3.05, 3.63) is 41.5 Å². The van der Waals surface area contributed by atoms with E-state index >= 15 is 0 Å². The second-order valence-electron chi connectivity index (χ2n) is 20.1. The molecule has 1 aliphatic heterocycles. The van der Waals surface area contributed by atoms with Gasteiger partial charge in [0.2, 0.25) is 0 Å². The van der Waals surface area contributed by atoms with Crippen molar-refractivity contribution in [3.8, 4) is 0 Å². The van der Waals surface area contributed by atoms with Crippen molar-refractivity contribution in [1.29, 1.82) is 0 Å². The maximum absolute atomic E-state index is 13.8. The molecule has 0 aromatic heterocycles. The molecule has 4 fully saturated rings. The third-order valence-corrected chi connectivity index (χ3v) is 16.7. The van der Waals surface area contributed by atoms with Gasteiger partial charge in [-0.15, -0.1) is 0 Å². The smallest absolute Gasteiger partial charge is 0.337 e. The second kappa shape index (κ2) is 17.1. The summed E-state index contributed by atoms with van der Waals surface area (Å²) in [6.07, 6.45) is 6.97. The molecule has 13 nitrogen and oxygen atoms in total. The lowest BCUT2D eigenvalue weighted by atomic mass is 9.34. The quantitative estimate of drug-likeness (QED) is 0.0665. The summed E-state index contributed by atoms with van der Waals surface area (Å²) in [6.45, 7) is 18.1. The van der Waals surface area contributed by atoms with Crippen LogP contribution in [0.25, 0.3) is 0 Å². The summed E-state index contributed by atoms with van der Waals surface area (Å²) in [5.74, 6) is -1.85. The van der Waals surface area contributed by atoms with Crippen LogP contribution >= 0.6 is 0 Å². The summed E-state index contributed by atoms with van der Waals surface area (Å²) in [5, 5.41) is 16.6. The van der Waals surface area contributed by atoms with Crippen LogP contribution in [0.2, 0.25) is 0 Å². The van der Waals surface area contributed by atoms with Gasteiger partial charge in [0.25, 0.3) is 0 Å². The summed E-state index contributed by atoms with van der Waals surface area (Å²) < 4.78 is 23.7. The van der Waals surface area contributed by atoms with Crippen molar-refractivity contribution >= 4 is 35.6 Å². The van der Waals surface area contributed by atoms with Crippen molar-refractivity contribution in [2.45, 2.75) is 131 Å². The zero-order valence-electron chi connectivity index (χ0n) is 37.2. The number of allylic oxidation sites excluding steroid dienone is 1. The van der Waals surface area contributed by atoms with E-state index < -0.39 is 70.3 Å². The average Bonchev–Trinajstić information content (AvgIpc) is 3.18. The number of benzene rings is 1. The van der Waals surface area contributed by atoms with Crippen molar-refractivity contribution in [3.63, 3.8) is 0 Å². The number of amides is 2. The van der Waals surface area contributed by atoms with Crippen LogP contribution in [0.3, 0.4) is 0 Å². The number of nitrogens with one attached hydrogen (secondary N) is 2. The fourth-order valence-corrected chi connectivity index (χ4v) is 13.1. The Morgan fingerprint density at radius 3 is 2.28 bits per heavy atom. The normalized spacial score (nSPS) is 36.5. The standard InChI is InChI=1S/C47H69N3O10/c1-27(2)28(3)43(5)21-22-45(7)32-17-18-36-44(6)25-58-26-47(36,33(32)19-20-46(45,8)37(43)39(52)53)24-35(59-29(4)51)38(44)60-41(55)34(48)12-10-11-23-49-42(56)50-31-15-13-30(14-16-31)40(54)57-9/h13-16,19,27-28,32,34-38H,10-12,17-18,20-26,48H2,1-9H3,(H,52,53)(H2,49,50,56)/t28-,32+,34?,35-,36+,37-,38+,43-,44-,45-,46+,47+/m1/s1. The van der Waals surface area contributed by atoms with E-state index in [4.69, 9.17) is 24.7 Å². The zero-order chi connectivity index (χ0) is 44.0. The molecule has 1 heterocycles. The van der Waals surface area contributed by atoms with E-state index in [1.165, 1.54) is 19.6 Å². The summed E-state index contributed by atoms with van der Waals surface area (Å²) in [7, 11) is 1.30. The number of carbonyl (C=O) groups excluding carboxylic acids is 4. The van der Waals surface area contributed by atoms with Crippen molar-refractivity contribution in [1.82, 2.24) is 5.32 Å². The number of rotatable bonds is 13. The molecule has 13 heteroatoms. The molecule has 3 saturated carbocycles. The van der Waals surface area contributed by atoms with Gasteiger partial charge in [0.15, 0.2) is 0 Å². The third-order valence-electron chi connectivity index (χ3n) is 16.7. The average molecular weight is 836 g/mol. The fourth-order valence-electron chi connectivity index (χ4n) is 13.1. The SMILES string of the molecule is COC(=O)c1ccc(NC(=O)NCCCCC(N)C(=O)O[C@H]2[C@H](OC(C)=O)C[C@@]34COC[C@]2(C)[C@@H]3CC[C@H]2C4=CC[C@@]3(C)[C@H](C(=O)O)[C@@](C)([C@H](C)C(C)C)CC[C@]23C)cc1. The topological polar surface area (TPSA) is 193 Å². The van der Waals surface area contributed by atoms with Crippen molar-refractivity contribution in [2.75, 3.05) is 32.2 Å². The number of nitrogens with two attached hydrogens (primary N) is 1. The molecule has 0 spiro atoms. The Morgan fingerprint density at radius 2 is 1.65 bits per heavy atom. The first-order chi connectivity index (χ1) is 28.2. The largest absolute Gasteiger partial charge is 0.481 e. The summed E-state index contributed by atoms with van der Waals surface area (Å²) >= 11 is 0. The predicted octanol–water partition coefficient (Wildman–Crippen LogP) is 7.52. The van der Waals surface area contributed by atoms with E-state index in [1.54, 1.807) is 24.3 Å². The van der Waals surface area contributed by atoms with Gasteiger partial charge in [-0.05, 0) is 122 Å². The predicted molar refractivity (Wildman–Crippen MR) is 226 cm³/mol. The van der Waals surface area contributed by atoms with Gasteiger partial charge in [0.1, 0.15) is 18.2 Å². The number of hydrogen-bond acceptors (Lipinski definition) is 10. The first-order valence-electron chi connectivity index (χ1n) is 22.1. The lowest BCUT2D eigenvalue weighted by molar-refractivity contribution is -0.263. The Kier molecular flexibility index (Phi) is 13.0. The minimum atomic E-state index is -0.920. The molecule has 332 valence electrons. The van der Waals surface area contributed by atoms with Gasteiger partial charge < -0.3 is 40.4 Å². The van der Waals surface area contributed by atoms with Crippen LogP contribution in [0.15, 0.2) is 35.9 Å². The van der Waals surface area contributed by atoms with Crippen molar-refractivity contribution < 1.29 is 48.0 Å². The molecule has 1 aromatic carbocycles. The number of unbranched alkanes of at least 4 members (excludes halogenated alkanes) is 1. The Balaban J connectivity index is 1.14. The molecule has 6 rings (SSSR count). The molecule has 5 N–H and O–H groups in total. The highest BCUT2D eigenvalue weighted by Crippen LogP contribution is 2.75. The third kappa shape index (κ3) is 7.75. The van der Waals surface area contributed by atoms with Gasteiger partial charge in [-0.3, -0.25) is 14.4 Å². The number of aliphatic carboxylic acids is 1. The molecular weight excluding hydrogens is 767 g/mol. The summed E-state index contributed by atoms with van der Waals surface area (Å²) in [5.41, 5.74) is 6.44. The summed E-state index contributed by atoms with van der Waals surface area (Å²) in [4.78, 5) is 64.0. The number of carboxylic acid groups (broad SMARTS) is 1. The second-order valence-corrected chi connectivity index (χ2v) is 20.1. The van der Waals surface area contributed by atoms with E-state index in [-0.39, 0.29) is 28.6 Å². The molecule has 2 bridgehead atoms. The highest BCUT2D eigenvalue weighted by molar-refractivity contribution is 5.92. The van der Waals surface area contributed by atoms with Crippen LogP contribution in [0.4, 0.5) is 10.5 Å². The molecule has 60 heavy (non-hydrogen) atoms. The number of hydrogen-bond donors (Lipinski definition) is 4. The van der Waals surface area contributed by atoms with Crippen LogP contribution in [-0.4, -0.2) is 80.1 Å². The molecule has 1 saturated heterocycles. The van der Waals surface area contributed by atoms with Gasteiger partial charge in [0.05, 0.1) is 31.8 Å². The van der Waals surface area contributed by atoms with Gasteiger partial charge in [-0.1, -0.05) is 60.1 Å². The van der Waals surface area contributed by atoms with E-state index in [0.717, 1.165) is 25.7 Å². The number of carboxylic acids is 1. The molecule has 1 unspecified atom stereocenters. The molecule has 0 radical (unpaired) electrons. The summed E-state index contributed by atoms with van der Waals surface area (Å²) in [6, 6.07) is 5.03. The fraction of sp³-hybridized carbons (Fsp3) is 0.723. The van der Waals surface area contributed by atoms with Gasteiger partial charge in [0, 0.05) is 30.0 Å². The number of ether oxygens (including phenoxy) is 4. The Morgan fingerprint density at radius 1 is 0.950 bits per heavy atom. The van der Waals surface area contributed by atoms with Crippen LogP contribution in [0.5, 0.6) is 0 Å². The zero-order valence-corrected chi connectivity index (χ0v) is 37.2. The first-order valence-corrected chi connectivity index (χ1v) is 22.1. The lowest BCUT2D eigenvalue weighted by Gasteiger charge is -2.71. The Bertz CT molecular complexity index is 1850. The van der Waals surface area contributed by atoms with Crippen LogP contribution in [0.1, 0.15) is 124 Å². The maximum atomic E-state index is 13.8. The minimum Gasteiger partial charge on any atom is -0.481 e. The lowest BCUT2D eigenvalue weighted by Crippen LogP contribution is -2.70. The first kappa shape index (κ1) is 45.6. The number of methoxy groups -OCH3 is 1. The van der Waals surface area contributed by atoms with E-state index in [0.29, 0.717) is 69.0 Å². The minimum absolute atomic E-state index is 0.0862. The van der Waals surface area contributed by atoms with E-state index in [9.17, 15) is 29.1 Å². The maximum Gasteiger partial charge on any atom is 0.337 e. The molecule has 1 aromatic rings. The molecule has 2 amide bonds. The molecule has 5 aliphatic rings. The van der Waals surface area contributed by atoms with Crippen LogP contribution in [-0.2, 0) is 33.3 Å². The highest BCUT2D eigenvalue weighted by Gasteiger charge is 2.72. The Labute approximate surface area is 355 Å². The number of fused-ring (bicyclic) bond motifs is 3. The van der Waals surface area contributed by atoms with Gasteiger partial charge >= 0.3 is 29.9 Å². The van der Waals surface area contributed by atoms with Gasteiger partial charge in [-0.25, -0.2) is 9.59 Å². The van der Waals surface area contributed by atoms with Gasteiger partial charge in [-0.2, -0.15) is 0 Å². The number of urea groups is 1. The highest BCUT2D eigenvalue weighted by atomic mass is 16.6. The van der Waals surface area contributed by atoms with E-state index in [2.05, 4.69) is 65.2 Å². The number of anilines is 1. The molecule has 4 aliphatic carbocycles. The number of esters is 3. The van der Waals surface area contributed by atoms with Crippen LogP contribution < -0.4 is 16.4 Å².